The van der Waals surface area contributed by atoms with Crippen molar-refractivity contribution >= 4 is 22.3 Å². The third-order valence-corrected chi connectivity index (χ3v) is 10.6. The average molecular weight is 674 g/mol. The molecule has 1 aromatic heterocycles. The van der Waals surface area contributed by atoms with Gasteiger partial charge in [-0.3, -0.25) is 4.90 Å². The van der Waals surface area contributed by atoms with Crippen molar-refractivity contribution in [1.29, 1.82) is 0 Å². The molecular weight excluding hydrogens is 630 g/mol. The molecule has 0 spiro atoms. The normalized spacial score (nSPS) is 26.0. The number of methoxy groups -OCH3 is 1. The molecule has 3 aromatic rings. The molecule has 2 aromatic carbocycles. The summed E-state index contributed by atoms with van der Waals surface area (Å²) < 4.78 is 75.0. The van der Waals surface area contributed by atoms with E-state index in [1.165, 1.54) is 6.07 Å². The first-order valence-corrected chi connectivity index (χ1v) is 16.9. The molecule has 13 heteroatoms. The lowest BCUT2D eigenvalue weighted by atomic mass is 9.92. The van der Waals surface area contributed by atoms with Crippen LogP contribution in [-0.2, 0) is 24.1 Å². The number of benzene rings is 2. The van der Waals surface area contributed by atoms with Gasteiger partial charge in [-0.1, -0.05) is 13.0 Å². The van der Waals surface area contributed by atoms with Crippen LogP contribution in [0.4, 0.5) is 29.1 Å². The van der Waals surface area contributed by atoms with Gasteiger partial charge in [0.1, 0.15) is 35.8 Å². The highest BCUT2D eigenvalue weighted by Crippen LogP contribution is 2.42. The molecule has 3 atom stereocenters. The van der Waals surface area contributed by atoms with E-state index in [1.807, 2.05) is 19.1 Å². The van der Waals surface area contributed by atoms with E-state index in [0.717, 1.165) is 41.4 Å². The fraction of sp³-hybridized carbons (Fsp3) is 0.600. The van der Waals surface area contributed by atoms with Crippen LogP contribution in [0.5, 0.6) is 11.8 Å². The smallest absolute Gasteiger partial charge is 0.318 e. The van der Waals surface area contributed by atoms with E-state index in [0.29, 0.717) is 74.7 Å². The van der Waals surface area contributed by atoms with Crippen LogP contribution in [0.25, 0.3) is 10.8 Å². The summed E-state index contributed by atoms with van der Waals surface area (Å²) in [7, 11) is 1.54. The minimum Gasteiger partial charge on any atom is -0.467 e. The van der Waals surface area contributed by atoms with Crippen LogP contribution in [0, 0.1) is 5.82 Å². The zero-order valence-electron chi connectivity index (χ0n) is 27.5. The maximum absolute atomic E-state index is 15.2. The quantitative estimate of drug-likeness (QED) is 0.224. The molecule has 0 aliphatic carbocycles. The maximum atomic E-state index is 15.2. The number of nitrogens with zero attached hydrogens (tertiary/aromatic N) is 5. The Morgan fingerprint density at radius 2 is 1.90 bits per heavy atom. The fourth-order valence-corrected chi connectivity index (χ4v) is 8.26. The number of alkyl halides is 3. The Labute approximate surface area is 277 Å². The van der Waals surface area contributed by atoms with Crippen molar-refractivity contribution in [3.63, 3.8) is 0 Å². The molecule has 1 unspecified atom stereocenters. The van der Waals surface area contributed by atoms with Gasteiger partial charge in [-0.2, -0.15) is 9.97 Å². The zero-order chi connectivity index (χ0) is 33.6. The van der Waals surface area contributed by atoms with Gasteiger partial charge in [0.05, 0.1) is 24.3 Å². The highest BCUT2D eigenvalue weighted by molar-refractivity contribution is 5.98. The van der Waals surface area contributed by atoms with Crippen molar-refractivity contribution < 1.29 is 36.9 Å². The highest BCUT2D eigenvalue weighted by Gasteiger charge is 2.49. The van der Waals surface area contributed by atoms with E-state index < -0.39 is 23.7 Å². The molecule has 4 aliphatic heterocycles. The zero-order valence-corrected chi connectivity index (χ0v) is 27.5. The van der Waals surface area contributed by atoms with Gasteiger partial charge in [-0.15, -0.1) is 0 Å². The number of hydrogen-bond acceptors (Lipinski definition) is 9. The average Bonchev–Trinajstić information content (AvgIpc) is 3.61. The van der Waals surface area contributed by atoms with Gasteiger partial charge < -0.3 is 29.1 Å². The molecular formula is C35H43F4N5O4. The second-order valence-electron chi connectivity index (χ2n) is 13.7. The van der Waals surface area contributed by atoms with E-state index in [1.54, 1.807) is 18.1 Å². The van der Waals surface area contributed by atoms with Crippen LogP contribution in [0.3, 0.4) is 0 Å². The summed E-state index contributed by atoms with van der Waals surface area (Å²) in [5.74, 6) is 0.772. The Morgan fingerprint density at radius 3 is 2.69 bits per heavy atom. The number of fused-ring (bicyclic) bond motifs is 3. The molecule has 3 saturated heterocycles. The SMILES string of the molecule is CCc1c(F)ccc2cc(OCOC)cc(N3CCc4c(nc(OC[C@@]56CCCN5C[C@H](F)C6)nc4N4CCCC(O)(C(F)F)C4)C3)c12. The predicted octanol–water partition coefficient (Wildman–Crippen LogP) is 5.43. The van der Waals surface area contributed by atoms with Crippen LogP contribution in [0.1, 0.15) is 55.8 Å². The Morgan fingerprint density at radius 1 is 1.06 bits per heavy atom. The summed E-state index contributed by atoms with van der Waals surface area (Å²) in [6.07, 6.45) is -0.304. The number of ether oxygens (including phenoxy) is 3. The number of aromatic nitrogens is 2. The number of anilines is 2. The largest absolute Gasteiger partial charge is 0.467 e. The first-order valence-electron chi connectivity index (χ1n) is 16.9. The molecule has 1 N–H and O–H groups in total. The number of β-amino-alcohol motifs (C(OH)–C–C–N with tert-alkyl or cyclic N) is 1. The topological polar surface area (TPSA) is 83.4 Å². The Bertz CT molecular complexity index is 1670. The summed E-state index contributed by atoms with van der Waals surface area (Å²) in [6, 6.07) is 7.08. The van der Waals surface area contributed by atoms with Gasteiger partial charge in [0, 0.05) is 55.9 Å². The molecule has 260 valence electrons. The molecule has 7 rings (SSSR count). The third kappa shape index (κ3) is 6.02. The molecule has 3 fully saturated rings. The van der Waals surface area contributed by atoms with E-state index in [-0.39, 0.29) is 38.2 Å². The van der Waals surface area contributed by atoms with Crippen LogP contribution in [0.2, 0.25) is 0 Å². The maximum Gasteiger partial charge on any atom is 0.318 e. The van der Waals surface area contributed by atoms with Crippen molar-refractivity contribution in [2.45, 2.75) is 82.2 Å². The van der Waals surface area contributed by atoms with Crippen molar-refractivity contribution in [2.24, 2.45) is 0 Å². The van der Waals surface area contributed by atoms with Crippen LogP contribution in [0.15, 0.2) is 24.3 Å². The molecule has 9 nitrogen and oxygen atoms in total. The number of aliphatic hydroxyl groups is 1. The monoisotopic (exact) mass is 673 g/mol. The fourth-order valence-electron chi connectivity index (χ4n) is 8.26. The van der Waals surface area contributed by atoms with E-state index in [4.69, 9.17) is 24.2 Å². The minimum atomic E-state index is -2.90. The van der Waals surface area contributed by atoms with Gasteiger partial charge in [-0.25, -0.2) is 17.6 Å². The van der Waals surface area contributed by atoms with Gasteiger partial charge in [0.2, 0.25) is 0 Å². The minimum absolute atomic E-state index is 0.000787. The number of hydrogen-bond donors (Lipinski definition) is 1. The summed E-state index contributed by atoms with van der Waals surface area (Å²) >= 11 is 0. The Balaban J connectivity index is 1.27. The standard InChI is InChI=1S/C35H43F4N5O4/c1-3-25-27(37)7-6-22-14-24(48-21-46-2)15-29(30(22)25)42-13-8-26-28(18-42)40-33(47-20-34-9-4-12-44(34)17-23(36)16-34)41-31(26)43-11-5-10-35(45,19-43)32(38)39/h6-7,14-15,23,32,45H,3-5,8-13,16-21H2,1-2H3/t23-,34+,35?/m1/s1. The lowest BCUT2D eigenvalue weighted by Crippen LogP contribution is -2.53. The summed E-state index contributed by atoms with van der Waals surface area (Å²) in [6.45, 7) is 4.43. The van der Waals surface area contributed by atoms with Gasteiger partial charge >= 0.3 is 6.01 Å². The number of piperidine rings is 1. The Hall–Kier alpha value is -3.42. The first kappa shape index (κ1) is 33.1. The van der Waals surface area contributed by atoms with Crippen molar-refractivity contribution in [1.82, 2.24) is 14.9 Å². The number of halogens is 4. The van der Waals surface area contributed by atoms with Crippen molar-refractivity contribution in [3.05, 3.63) is 46.9 Å². The predicted molar refractivity (Wildman–Crippen MR) is 174 cm³/mol. The summed E-state index contributed by atoms with van der Waals surface area (Å²) in [5, 5.41) is 12.4. The van der Waals surface area contributed by atoms with Crippen LogP contribution < -0.4 is 19.3 Å². The van der Waals surface area contributed by atoms with Crippen LogP contribution >= 0.6 is 0 Å². The van der Waals surface area contributed by atoms with E-state index >= 15 is 4.39 Å². The Kier molecular flexibility index (Phi) is 9.05. The molecule has 0 radical (unpaired) electrons. The van der Waals surface area contributed by atoms with Crippen molar-refractivity contribution in [2.75, 3.05) is 63.0 Å². The van der Waals surface area contributed by atoms with Gasteiger partial charge in [0.25, 0.3) is 6.43 Å². The third-order valence-electron chi connectivity index (χ3n) is 10.6. The second kappa shape index (κ2) is 13.1. The van der Waals surface area contributed by atoms with Gasteiger partial charge in [-0.05, 0) is 68.2 Å². The summed E-state index contributed by atoms with van der Waals surface area (Å²) in [4.78, 5) is 15.7. The molecule has 0 bridgehead atoms. The van der Waals surface area contributed by atoms with Crippen LogP contribution in [-0.4, -0.2) is 96.9 Å². The molecule has 5 heterocycles. The molecule has 0 saturated carbocycles. The van der Waals surface area contributed by atoms with Gasteiger partial charge in [0.15, 0.2) is 6.79 Å². The molecule has 0 amide bonds. The first-order chi connectivity index (χ1) is 23.1. The second-order valence-corrected chi connectivity index (χ2v) is 13.7. The van der Waals surface area contributed by atoms with E-state index in [9.17, 15) is 18.3 Å². The lowest BCUT2D eigenvalue weighted by molar-refractivity contribution is -0.102. The van der Waals surface area contributed by atoms with E-state index in [2.05, 4.69) is 9.80 Å². The lowest BCUT2D eigenvalue weighted by Gasteiger charge is -2.41. The number of aryl methyl sites for hydroxylation is 1. The summed E-state index contributed by atoms with van der Waals surface area (Å²) in [5.41, 5.74) is 0.280. The molecule has 4 aliphatic rings. The number of rotatable bonds is 10. The van der Waals surface area contributed by atoms with Crippen molar-refractivity contribution in [3.8, 4) is 11.8 Å². The molecule has 48 heavy (non-hydrogen) atoms. The highest BCUT2D eigenvalue weighted by atomic mass is 19.3.